The number of aliphatic hydroxyl groups is 1. The predicted molar refractivity (Wildman–Crippen MR) is 136 cm³/mol. The van der Waals surface area contributed by atoms with Gasteiger partial charge >= 0.3 is 12.1 Å². The number of carbonyl (C=O) groups excluding carboxylic acids is 1. The van der Waals surface area contributed by atoms with Crippen molar-refractivity contribution in [3.8, 4) is 17.2 Å². The van der Waals surface area contributed by atoms with Crippen LogP contribution in [0.2, 0.25) is 0 Å². The van der Waals surface area contributed by atoms with Gasteiger partial charge in [-0.15, -0.1) is 0 Å². The molecule has 0 heterocycles. The molecule has 36 heavy (non-hydrogen) atoms. The molecule has 0 saturated heterocycles. The molecule has 0 aromatic heterocycles. The van der Waals surface area contributed by atoms with E-state index in [4.69, 9.17) is 18.9 Å². The van der Waals surface area contributed by atoms with Gasteiger partial charge in [0.1, 0.15) is 5.60 Å². The lowest BCUT2D eigenvalue weighted by Crippen LogP contribution is -2.47. The molecule has 9 heteroatoms. The summed E-state index contributed by atoms with van der Waals surface area (Å²) in [5, 5.41) is 24.0. The molecular formula is C27H43NO8. The van der Waals surface area contributed by atoms with Crippen molar-refractivity contribution in [1.29, 1.82) is 0 Å². The molecule has 3 atom stereocenters. The van der Waals surface area contributed by atoms with Crippen molar-refractivity contribution >= 4 is 12.1 Å². The van der Waals surface area contributed by atoms with E-state index in [1.807, 2.05) is 0 Å². The monoisotopic (exact) mass is 509 g/mol. The van der Waals surface area contributed by atoms with Crippen LogP contribution in [0.4, 0.5) is 4.79 Å². The molecule has 1 aromatic rings. The number of alkyl carbamates (subject to hydrolysis) is 1. The van der Waals surface area contributed by atoms with Crippen LogP contribution < -0.4 is 19.5 Å². The number of amides is 1. The number of carboxylic acid groups (broad SMARTS) is 1. The maximum Gasteiger partial charge on any atom is 0.407 e. The first-order chi connectivity index (χ1) is 17.0. The summed E-state index contributed by atoms with van der Waals surface area (Å²) in [7, 11) is 4.48. The summed E-state index contributed by atoms with van der Waals surface area (Å²) in [6.45, 7) is 5.32. The largest absolute Gasteiger partial charge is 0.493 e. The van der Waals surface area contributed by atoms with Crippen molar-refractivity contribution in [3.63, 3.8) is 0 Å². The van der Waals surface area contributed by atoms with Crippen LogP contribution in [0.25, 0.3) is 0 Å². The molecule has 1 aliphatic rings. The van der Waals surface area contributed by atoms with E-state index < -0.39 is 35.7 Å². The van der Waals surface area contributed by atoms with Crippen LogP contribution in [0.15, 0.2) is 12.1 Å². The summed E-state index contributed by atoms with van der Waals surface area (Å²) < 4.78 is 21.7. The maximum absolute atomic E-state index is 12.5. The minimum absolute atomic E-state index is 0.0416. The molecular weight excluding hydrogens is 466 g/mol. The van der Waals surface area contributed by atoms with Gasteiger partial charge in [-0.05, 0) is 57.6 Å². The lowest BCUT2D eigenvalue weighted by Gasteiger charge is -2.32. The number of ether oxygens (including phenoxy) is 4. The van der Waals surface area contributed by atoms with Crippen molar-refractivity contribution in [2.45, 2.75) is 89.9 Å². The zero-order valence-corrected chi connectivity index (χ0v) is 22.5. The molecule has 9 nitrogen and oxygen atoms in total. The van der Waals surface area contributed by atoms with Gasteiger partial charge in [0, 0.05) is 0 Å². The molecule has 1 fully saturated rings. The SMILES string of the molecule is COc1ccc(CC(CC(O)C(CC2CCCCC2)NC(=O)OC(C)(C)C)C(=O)O)c(OC)c1OC. The Labute approximate surface area is 214 Å². The summed E-state index contributed by atoms with van der Waals surface area (Å²) in [4.78, 5) is 24.8. The Morgan fingerprint density at radius 3 is 2.19 bits per heavy atom. The number of rotatable bonds is 12. The van der Waals surface area contributed by atoms with Gasteiger partial charge in [-0.25, -0.2) is 4.79 Å². The summed E-state index contributed by atoms with van der Waals surface area (Å²) in [6.07, 6.45) is 4.47. The van der Waals surface area contributed by atoms with Crippen molar-refractivity contribution in [2.24, 2.45) is 11.8 Å². The van der Waals surface area contributed by atoms with Crippen molar-refractivity contribution < 1.29 is 38.7 Å². The van der Waals surface area contributed by atoms with Crippen LogP contribution >= 0.6 is 0 Å². The second-order valence-electron chi connectivity index (χ2n) is 10.5. The molecule has 1 aliphatic carbocycles. The standard InChI is InChI=1S/C27H43NO8/c1-27(2,3)36-26(32)28-20(14-17-10-8-7-9-11-17)21(29)16-19(25(30)31)15-18-12-13-22(33-4)24(35-6)23(18)34-5/h12-13,17,19-21,29H,7-11,14-16H2,1-6H3,(H,28,32)(H,30,31). The van der Waals surface area contributed by atoms with Gasteiger partial charge in [0.15, 0.2) is 11.5 Å². The van der Waals surface area contributed by atoms with Crippen LogP contribution in [0.5, 0.6) is 17.2 Å². The second kappa shape index (κ2) is 13.6. The van der Waals surface area contributed by atoms with Gasteiger partial charge in [-0.1, -0.05) is 38.2 Å². The number of methoxy groups -OCH3 is 3. The fourth-order valence-electron chi connectivity index (χ4n) is 4.87. The first-order valence-corrected chi connectivity index (χ1v) is 12.7. The Balaban J connectivity index is 2.22. The molecule has 0 spiro atoms. The summed E-state index contributed by atoms with van der Waals surface area (Å²) in [5.74, 6) is -0.352. The third-order valence-electron chi connectivity index (χ3n) is 6.61. The van der Waals surface area contributed by atoms with E-state index in [0.717, 1.165) is 25.7 Å². The Morgan fingerprint density at radius 1 is 1.03 bits per heavy atom. The number of hydrogen-bond donors (Lipinski definition) is 3. The number of aliphatic hydroxyl groups excluding tert-OH is 1. The van der Waals surface area contributed by atoms with Gasteiger partial charge in [0.2, 0.25) is 5.75 Å². The fraction of sp³-hybridized carbons (Fsp3) is 0.704. The van der Waals surface area contributed by atoms with Crippen molar-refractivity contribution in [3.05, 3.63) is 17.7 Å². The Hall–Kier alpha value is -2.68. The minimum atomic E-state index is -1.06. The lowest BCUT2D eigenvalue weighted by molar-refractivity contribution is -0.143. The molecule has 1 saturated carbocycles. The average molecular weight is 510 g/mol. The highest BCUT2D eigenvalue weighted by atomic mass is 16.6. The van der Waals surface area contributed by atoms with Gasteiger partial charge in [-0.2, -0.15) is 0 Å². The number of carboxylic acids is 1. The third kappa shape index (κ3) is 8.76. The summed E-state index contributed by atoms with van der Waals surface area (Å²) >= 11 is 0. The number of carbonyl (C=O) groups is 2. The molecule has 3 N–H and O–H groups in total. The van der Waals surface area contributed by atoms with Crippen LogP contribution in [0, 0.1) is 11.8 Å². The fourth-order valence-corrected chi connectivity index (χ4v) is 4.87. The molecule has 1 amide bonds. The zero-order chi connectivity index (χ0) is 26.9. The highest BCUT2D eigenvalue weighted by Gasteiger charge is 2.32. The number of nitrogens with one attached hydrogen (secondary N) is 1. The first-order valence-electron chi connectivity index (χ1n) is 12.7. The minimum Gasteiger partial charge on any atom is -0.493 e. The Morgan fingerprint density at radius 2 is 1.67 bits per heavy atom. The highest BCUT2D eigenvalue weighted by Crippen LogP contribution is 2.41. The molecule has 1 aromatic carbocycles. The van der Waals surface area contributed by atoms with E-state index in [0.29, 0.717) is 35.2 Å². The van der Waals surface area contributed by atoms with Gasteiger partial charge in [-0.3, -0.25) is 4.79 Å². The highest BCUT2D eigenvalue weighted by molar-refractivity contribution is 5.71. The second-order valence-corrected chi connectivity index (χ2v) is 10.5. The predicted octanol–water partition coefficient (Wildman–Crippen LogP) is 4.57. The summed E-state index contributed by atoms with van der Waals surface area (Å²) in [5.41, 5.74) is -0.0588. The van der Waals surface area contributed by atoms with E-state index in [9.17, 15) is 19.8 Å². The molecule has 0 radical (unpaired) electrons. The van der Waals surface area contributed by atoms with E-state index in [-0.39, 0.29) is 12.8 Å². The van der Waals surface area contributed by atoms with E-state index in [1.165, 1.54) is 27.8 Å². The number of aliphatic carboxylic acids is 1. The third-order valence-corrected chi connectivity index (χ3v) is 6.61. The van der Waals surface area contributed by atoms with Crippen LogP contribution in [0.1, 0.15) is 71.3 Å². The average Bonchev–Trinajstić information content (AvgIpc) is 2.81. The summed E-state index contributed by atoms with van der Waals surface area (Å²) in [6, 6.07) is 2.82. The van der Waals surface area contributed by atoms with Crippen LogP contribution in [0.3, 0.4) is 0 Å². The van der Waals surface area contributed by atoms with E-state index in [1.54, 1.807) is 32.9 Å². The first kappa shape index (κ1) is 29.5. The van der Waals surface area contributed by atoms with Crippen LogP contribution in [-0.4, -0.2) is 61.4 Å². The smallest absolute Gasteiger partial charge is 0.407 e. The molecule has 2 rings (SSSR count). The zero-order valence-electron chi connectivity index (χ0n) is 22.5. The van der Waals surface area contributed by atoms with Crippen molar-refractivity contribution in [2.75, 3.05) is 21.3 Å². The van der Waals surface area contributed by atoms with Crippen LogP contribution in [-0.2, 0) is 16.0 Å². The lowest BCUT2D eigenvalue weighted by atomic mass is 9.82. The van der Waals surface area contributed by atoms with Gasteiger partial charge < -0.3 is 34.5 Å². The Kier molecular flexibility index (Phi) is 11.1. The molecule has 0 bridgehead atoms. The molecule has 204 valence electrons. The normalized spacial score (nSPS) is 17.0. The topological polar surface area (TPSA) is 124 Å². The molecule has 3 unspecified atom stereocenters. The molecule has 0 aliphatic heterocycles. The van der Waals surface area contributed by atoms with Crippen molar-refractivity contribution in [1.82, 2.24) is 5.32 Å². The number of benzene rings is 1. The quantitative estimate of drug-likeness (QED) is 0.374. The van der Waals surface area contributed by atoms with E-state index in [2.05, 4.69) is 5.32 Å². The van der Waals surface area contributed by atoms with Gasteiger partial charge in [0.05, 0.1) is 39.4 Å². The Bertz CT molecular complexity index is 860. The number of hydrogen-bond acceptors (Lipinski definition) is 7. The maximum atomic E-state index is 12.5. The van der Waals surface area contributed by atoms with Gasteiger partial charge in [0.25, 0.3) is 0 Å². The van der Waals surface area contributed by atoms with E-state index >= 15 is 0 Å².